The molecule has 2 heterocycles. The van der Waals surface area contributed by atoms with Gasteiger partial charge in [0, 0.05) is 37.9 Å². The van der Waals surface area contributed by atoms with Crippen LogP contribution < -0.4 is 19.7 Å². The van der Waals surface area contributed by atoms with Crippen LogP contribution in [-0.2, 0) is 6.61 Å². The lowest BCUT2D eigenvalue weighted by Gasteiger charge is -2.28. The maximum atomic E-state index is 5.89. The summed E-state index contributed by atoms with van der Waals surface area (Å²) in [6, 6.07) is 20.0. The van der Waals surface area contributed by atoms with E-state index in [2.05, 4.69) is 20.2 Å². The molecule has 6 heteroatoms. The third-order valence-corrected chi connectivity index (χ3v) is 4.51. The van der Waals surface area contributed by atoms with E-state index >= 15 is 0 Å². The summed E-state index contributed by atoms with van der Waals surface area (Å²) in [4.78, 5) is 11.3. The van der Waals surface area contributed by atoms with E-state index in [1.54, 1.807) is 0 Å². The Balaban J connectivity index is 1.43. The number of nitrogens with zero attached hydrogens (tertiary/aromatic N) is 3. The van der Waals surface area contributed by atoms with Crippen molar-refractivity contribution in [2.24, 2.45) is 0 Å². The fourth-order valence-electron chi connectivity index (χ4n) is 3.12. The minimum absolute atomic E-state index is 0.385. The van der Waals surface area contributed by atoms with Gasteiger partial charge in [-0.25, -0.2) is 4.98 Å². The molecular formula is C22H24N4O2. The lowest BCUT2D eigenvalue weighted by Crippen LogP contribution is -2.44. The summed E-state index contributed by atoms with van der Waals surface area (Å²) in [5.41, 5.74) is 1.90. The Morgan fingerprint density at radius 3 is 2.54 bits per heavy atom. The third kappa shape index (κ3) is 4.78. The summed E-state index contributed by atoms with van der Waals surface area (Å²) in [5, 5.41) is 3.35. The lowest BCUT2D eigenvalue weighted by atomic mass is 10.2. The average Bonchev–Trinajstić information content (AvgIpc) is 2.74. The molecule has 2 aromatic carbocycles. The van der Waals surface area contributed by atoms with Gasteiger partial charge in [0.25, 0.3) is 0 Å². The van der Waals surface area contributed by atoms with Crippen LogP contribution in [0.3, 0.4) is 0 Å². The number of rotatable bonds is 6. The largest absolute Gasteiger partial charge is 0.459 e. The molecule has 144 valence electrons. The van der Waals surface area contributed by atoms with Crippen LogP contribution >= 0.6 is 0 Å². The molecule has 3 aromatic rings. The molecule has 0 bridgehead atoms. The summed E-state index contributed by atoms with van der Waals surface area (Å²) < 4.78 is 11.8. The van der Waals surface area contributed by atoms with Crippen LogP contribution in [0, 0.1) is 6.92 Å². The Bertz CT molecular complexity index is 911. The zero-order valence-electron chi connectivity index (χ0n) is 16.0. The van der Waals surface area contributed by atoms with E-state index in [0.29, 0.717) is 12.6 Å². The van der Waals surface area contributed by atoms with Crippen molar-refractivity contribution in [2.45, 2.75) is 13.5 Å². The maximum absolute atomic E-state index is 5.89. The third-order valence-electron chi connectivity index (χ3n) is 4.51. The Kier molecular flexibility index (Phi) is 5.68. The number of ether oxygens (including phenoxy) is 2. The van der Waals surface area contributed by atoms with E-state index in [1.165, 1.54) is 0 Å². The molecule has 0 unspecified atom stereocenters. The van der Waals surface area contributed by atoms with Crippen LogP contribution in [0.1, 0.15) is 11.3 Å². The van der Waals surface area contributed by atoms with E-state index in [0.717, 1.165) is 54.8 Å². The molecule has 0 aliphatic carbocycles. The van der Waals surface area contributed by atoms with Crippen molar-refractivity contribution in [1.82, 2.24) is 15.3 Å². The highest BCUT2D eigenvalue weighted by molar-refractivity contribution is 5.41. The van der Waals surface area contributed by atoms with E-state index in [9.17, 15) is 0 Å². The van der Waals surface area contributed by atoms with Crippen LogP contribution in [0.25, 0.3) is 0 Å². The first-order valence-corrected chi connectivity index (χ1v) is 9.52. The zero-order chi connectivity index (χ0) is 19.2. The number of piperazine rings is 1. The lowest BCUT2D eigenvalue weighted by molar-refractivity contribution is 0.279. The fourth-order valence-corrected chi connectivity index (χ4v) is 3.12. The van der Waals surface area contributed by atoms with Crippen LogP contribution in [0.15, 0.2) is 60.7 Å². The van der Waals surface area contributed by atoms with Gasteiger partial charge in [-0.05, 0) is 36.8 Å². The molecule has 0 saturated carbocycles. The van der Waals surface area contributed by atoms with Crippen molar-refractivity contribution in [3.05, 3.63) is 71.9 Å². The van der Waals surface area contributed by atoms with Gasteiger partial charge in [0.15, 0.2) is 0 Å². The molecular weight excluding hydrogens is 352 g/mol. The predicted octanol–water partition coefficient (Wildman–Crippen LogP) is 3.57. The number of aryl methyl sites for hydroxylation is 1. The summed E-state index contributed by atoms with van der Waals surface area (Å²) in [6.45, 7) is 6.16. The maximum Gasteiger partial charge on any atom is 0.318 e. The first-order valence-electron chi connectivity index (χ1n) is 9.52. The smallest absolute Gasteiger partial charge is 0.318 e. The van der Waals surface area contributed by atoms with Gasteiger partial charge in [0.1, 0.15) is 23.9 Å². The average molecular weight is 376 g/mol. The molecule has 28 heavy (non-hydrogen) atoms. The van der Waals surface area contributed by atoms with Crippen LogP contribution in [0.4, 0.5) is 5.82 Å². The number of hydrogen-bond donors (Lipinski definition) is 1. The van der Waals surface area contributed by atoms with Crippen molar-refractivity contribution in [2.75, 3.05) is 31.1 Å². The molecule has 1 fully saturated rings. The molecule has 0 spiro atoms. The van der Waals surface area contributed by atoms with Gasteiger partial charge in [0.2, 0.25) is 0 Å². The molecule has 0 atom stereocenters. The highest BCUT2D eigenvalue weighted by Crippen LogP contribution is 2.23. The van der Waals surface area contributed by atoms with Gasteiger partial charge in [0.05, 0.1) is 0 Å². The first kappa shape index (κ1) is 18.3. The summed E-state index contributed by atoms with van der Waals surface area (Å²) in [6.07, 6.45) is 0. The number of anilines is 1. The highest BCUT2D eigenvalue weighted by atomic mass is 16.5. The van der Waals surface area contributed by atoms with E-state index in [-0.39, 0.29) is 0 Å². The zero-order valence-corrected chi connectivity index (χ0v) is 16.0. The quantitative estimate of drug-likeness (QED) is 0.710. The molecule has 6 nitrogen and oxygen atoms in total. The van der Waals surface area contributed by atoms with E-state index < -0.39 is 0 Å². The minimum Gasteiger partial charge on any atom is -0.459 e. The Morgan fingerprint density at radius 2 is 1.71 bits per heavy atom. The Morgan fingerprint density at radius 1 is 0.929 bits per heavy atom. The van der Waals surface area contributed by atoms with Gasteiger partial charge >= 0.3 is 6.01 Å². The number of aromatic nitrogens is 2. The van der Waals surface area contributed by atoms with Crippen LogP contribution in [0.2, 0.25) is 0 Å². The highest BCUT2D eigenvalue weighted by Gasteiger charge is 2.14. The standard InChI is InChI=1S/C22H24N4O2/c1-17-14-21(26-12-10-23-11-13-26)25-22(24-17)27-16-18-6-5-9-20(15-18)28-19-7-3-2-4-8-19/h2-9,14-15,23H,10-13,16H2,1H3. The van der Waals surface area contributed by atoms with Crippen molar-refractivity contribution in [3.63, 3.8) is 0 Å². The molecule has 1 aromatic heterocycles. The van der Waals surface area contributed by atoms with Crippen molar-refractivity contribution in [3.8, 4) is 17.5 Å². The molecule has 1 saturated heterocycles. The van der Waals surface area contributed by atoms with Gasteiger partial charge in [-0.1, -0.05) is 30.3 Å². The topological polar surface area (TPSA) is 59.5 Å². The number of para-hydroxylation sites is 1. The summed E-state index contributed by atoms with van der Waals surface area (Å²) >= 11 is 0. The Hall–Kier alpha value is -3.12. The second kappa shape index (κ2) is 8.71. The number of hydrogen-bond acceptors (Lipinski definition) is 6. The summed E-state index contributed by atoms with van der Waals surface area (Å²) in [5.74, 6) is 2.51. The van der Waals surface area contributed by atoms with Crippen molar-refractivity contribution >= 4 is 5.82 Å². The number of benzene rings is 2. The van der Waals surface area contributed by atoms with Crippen LogP contribution in [-0.4, -0.2) is 36.1 Å². The second-order valence-electron chi connectivity index (χ2n) is 6.74. The van der Waals surface area contributed by atoms with E-state index in [1.807, 2.05) is 67.6 Å². The first-order chi connectivity index (χ1) is 13.8. The Labute approximate surface area is 165 Å². The van der Waals surface area contributed by atoms with Crippen molar-refractivity contribution < 1.29 is 9.47 Å². The van der Waals surface area contributed by atoms with Gasteiger partial charge in [-0.2, -0.15) is 4.98 Å². The molecule has 0 amide bonds. The normalized spacial score (nSPS) is 14.0. The second-order valence-corrected chi connectivity index (χ2v) is 6.74. The fraction of sp³-hybridized carbons (Fsp3) is 0.273. The molecule has 4 rings (SSSR count). The SMILES string of the molecule is Cc1cc(N2CCNCC2)nc(OCc2cccc(Oc3ccccc3)c2)n1. The molecule has 1 aliphatic heterocycles. The molecule has 1 aliphatic rings. The summed E-state index contributed by atoms with van der Waals surface area (Å²) in [7, 11) is 0. The minimum atomic E-state index is 0.385. The van der Waals surface area contributed by atoms with Crippen LogP contribution in [0.5, 0.6) is 17.5 Å². The van der Waals surface area contributed by atoms with Gasteiger partial charge < -0.3 is 19.7 Å². The van der Waals surface area contributed by atoms with Gasteiger partial charge in [-0.3, -0.25) is 0 Å². The number of nitrogens with one attached hydrogen (secondary N) is 1. The monoisotopic (exact) mass is 376 g/mol. The van der Waals surface area contributed by atoms with Crippen molar-refractivity contribution in [1.29, 1.82) is 0 Å². The molecule has 0 radical (unpaired) electrons. The van der Waals surface area contributed by atoms with E-state index in [4.69, 9.17) is 9.47 Å². The molecule has 1 N–H and O–H groups in total. The predicted molar refractivity (Wildman–Crippen MR) is 109 cm³/mol. The van der Waals surface area contributed by atoms with Gasteiger partial charge in [-0.15, -0.1) is 0 Å².